The third-order valence-corrected chi connectivity index (χ3v) is 7.08. The fourth-order valence-corrected chi connectivity index (χ4v) is 5.17. The lowest BCUT2D eigenvalue weighted by Gasteiger charge is -2.25. The highest BCUT2D eigenvalue weighted by molar-refractivity contribution is 6.33. The summed E-state index contributed by atoms with van der Waals surface area (Å²) in [4.78, 5) is 35.8. The highest BCUT2D eigenvalue weighted by Gasteiger charge is 2.31. The van der Waals surface area contributed by atoms with Crippen molar-refractivity contribution in [2.75, 3.05) is 10.2 Å². The number of carboxylic acids is 1. The van der Waals surface area contributed by atoms with Gasteiger partial charge in [0, 0.05) is 18.3 Å². The van der Waals surface area contributed by atoms with Crippen molar-refractivity contribution in [1.29, 1.82) is 0 Å². The van der Waals surface area contributed by atoms with Gasteiger partial charge < -0.3 is 15.3 Å². The maximum atomic E-state index is 13.3. The van der Waals surface area contributed by atoms with Gasteiger partial charge in [0.1, 0.15) is 15.8 Å². The quantitative estimate of drug-likeness (QED) is 0.297. The van der Waals surface area contributed by atoms with Crippen LogP contribution < -0.4 is 15.8 Å². The van der Waals surface area contributed by atoms with Crippen molar-refractivity contribution in [3.63, 3.8) is 0 Å². The molecular formula is C25H20Cl3N5O3. The van der Waals surface area contributed by atoms with Crippen molar-refractivity contribution in [1.82, 2.24) is 14.4 Å². The summed E-state index contributed by atoms with van der Waals surface area (Å²) >= 11 is 18.8. The van der Waals surface area contributed by atoms with Gasteiger partial charge in [-0.3, -0.25) is 9.20 Å². The average molecular weight is 545 g/mol. The van der Waals surface area contributed by atoms with E-state index in [0.29, 0.717) is 28.6 Å². The number of carboxylic acid groups (broad SMARTS) is 1. The molecule has 184 valence electrons. The molecule has 1 aliphatic rings. The van der Waals surface area contributed by atoms with Gasteiger partial charge in [-0.2, -0.15) is 0 Å². The van der Waals surface area contributed by atoms with Crippen LogP contribution in [0.1, 0.15) is 53.1 Å². The van der Waals surface area contributed by atoms with E-state index >= 15 is 0 Å². The fraction of sp³-hybridized carbons (Fsp3) is 0.200. The van der Waals surface area contributed by atoms with E-state index in [4.69, 9.17) is 39.8 Å². The second-order valence-electron chi connectivity index (χ2n) is 8.57. The number of halogens is 3. The van der Waals surface area contributed by atoms with E-state index in [1.807, 2.05) is 30.0 Å². The number of pyridine rings is 2. The van der Waals surface area contributed by atoms with Crippen molar-refractivity contribution in [2.45, 2.75) is 32.5 Å². The van der Waals surface area contributed by atoms with Crippen LogP contribution in [0.4, 0.5) is 11.5 Å². The van der Waals surface area contributed by atoms with Crippen LogP contribution in [-0.2, 0) is 6.54 Å². The summed E-state index contributed by atoms with van der Waals surface area (Å²) in [6.07, 6.45) is 1.47. The summed E-state index contributed by atoms with van der Waals surface area (Å²) in [5, 5.41) is 13.0. The highest BCUT2D eigenvalue weighted by atomic mass is 35.5. The van der Waals surface area contributed by atoms with Crippen molar-refractivity contribution in [3.8, 4) is 0 Å². The summed E-state index contributed by atoms with van der Waals surface area (Å²) in [6, 6.07) is 12.2. The Morgan fingerprint density at radius 1 is 1.17 bits per heavy atom. The van der Waals surface area contributed by atoms with E-state index in [-0.39, 0.29) is 27.6 Å². The molecule has 1 aliphatic heterocycles. The molecule has 0 spiro atoms. The molecule has 3 aromatic heterocycles. The third-order valence-electron chi connectivity index (χ3n) is 6.33. The fourth-order valence-electron chi connectivity index (χ4n) is 4.57. The normalized spacial score (nSPS) is 15.7. The molecule has 2 atom stereocenters. The molecule has 0 radical (unpaired) electrons. The number of hydrogen-bond donors (Lipinski definition) is 2. The first kappa shape index (κ1) is 24.4. The Balaban J connectivity index is 1.62. The average Bonchev–Trinajstić information content (AvgIpc) is 3.18. The molecule has 0 bridgehead atoms. The third kappa shape index (κ3) is 4.15. The number of anilines is 2. The maximum absolute atomic E-state index is 13.3. The lowest BCUT2D eigenvalue weighted by atomic mass is 10.1. The predicted octanol–water partition coefficient (Wildman–Crippen LogP) is 6.00. The first-order valence-corrected chi connectivity index (χ1v) is 12.2. The molecule has 0 saturated carbocycles. The summed E-state index contributed by atoms with van der Waals surface area (Å²) in [7, 11) is 0. The van der Waals surface area contributed by atoms with Crippen molar-refractivity contribution in [2.24, 2.45) is 0 Å². The van der Waals surface area contributed by atoms with E-state index in [2.05, 4.69) is 16.4 Å². The molecule has 0 aliphatic carbocycles. The second kappa shape index (κ2) is 9.28. The number of carbonyl (C=O) groups is 1. The number of aromatic nitrogens is 3. The standard InChI is InChI=1S/C25H20Cl3N5O3/c1-12(29-18-7-8-19(27)30-21(18)25(35)36)17-9-15(26)11-33-22(17)31-23(20(28)24(33)34)32-10-14-5-3-4-6-16(14)13(32)2/h3-9,11-13,29H,10H2,1-2H3,(H,35,36)/t12-,13+/m1/s1. The van der Waals surface area contributed by atoms with Crippen molar-refractivity contribution < 1.29 is 9.90 Å². The Morgan fingerprint density at radius 3 is 2.64 bits per heavy atom. The molecule has 0 fully saturated rings. The van der Waals surface area contributed by atoms with Gasteiger partial charge in [-0.1, -0.05) is 59.1 Å². The molecule has 0 amide bonds. The maximum Gasteiger partial charge on any atom is 0.356 e. The zero-order valence-corrected chi connectivity index (χ0v) is 21.4. The molecule has 1 aromatic carbocycles. The van der Waals surface area contributed by atoms with E-state index < -0.39 is 17.6 Å². The molecule has 0 unspecified atom stereocenters. The van der Waals surface area contributed by atoms with Gasteiger partial charge in [0.2, 0.25) is 0 Å². The van der Waals surface area contributed by atoms with Crippen LogP contribution in [0.15, 0.2) is 53.5 Å². The van der Waals surface area contributed by atoms with Crippen LogP contribution in [0.25, 0.3) is 5.65 Å². The molecule has 0 saturated heterocycles. The number of rotatable bonds is 5. The minimum atomic E-state index is -1.23. The summed E-state index contributed by atoms with van der Waals surface area (Å²) in [6.45, 7) is 4.41. The Bertz CT molecular complexity index is 1590. The van der Waals surface area contributed by atoms with Crippen LogP contribution in [0.5, 0.6) is 0 Å². The molecule has 5 rings (SSSR count). The van der Waals surface area contributed by atoms with Gasteiger partial charge in [-0.15, -0.1) is 0 Å². The summed E-state index contributed by atoms with van der Waals surface area (Å²) < 4.78 is 1.31. The predicted molar refractivity (Wildman–Crippen MR) is 141 cm³/mol. The van der Waals surface area contributed by atoms with E-state index in [1.54, 1.807) is 13.0 Å². The zero-order chi connectivity index (χ0) is 25.7. The number of nitrogens with one attached hydrogen (secondary N) is 1. The Hall–Kier alpha value is -3.33. The van der Waals surface area contributed by atoms with Crippen LogP contribution in [0.3, 0.4) is 0 Å². The molecular weight excluding hydrogens is 525 g/mol. The highest BCUT2D eigenvalue weighted by Crippen LogP contribution is 2.39. The number of nitrogens with zero attached hydrogens (tertiary/aromatic N) is 4. The molecule has 2 N–H and O–H groups in total. The number of hydrogen-bond acceptors (Lipinski definition) is 6. The molecule has 8 nitrogen and oxygen atoms in total. The van der Waals surface area contributed by atoms with Gasteiger partial charge in [0.25, 0.3) is 5.56 Å². The first-order valence-electron chi connectivity index (χ1n) is 11.1. The summed E-state index contributed by atoms with van der Waals surface area (Å²) in [5.41, 5.74) is 2.81. The largest absolute Gasteiger partial charge is 0.476 e. The van der Waals surface area contributed by atoms with Gasteiger partial charge in [-0.25, -0.2) is 14.8 Å². The molecule has 4 heterocycles. The lowest BCUT2D eigenvalue weighted by Crippen LogP contribution is -2.26. The lowest BCUT2D eigenvalue weighted by molar-refractivity contribution is 0.0691. The van der Waals surface area contributed by atoms with Crippen molar-refractivity contribution >= 4 is 57.9 Å². The smallest absolute Gasteiger partial charge is 0.356 e. The Kier molecular flexibility index (Phi) is 6.28. The molecule has 36 heavy (non-hydrogen) atoms. The molecule has 11 heteroatoms. The van der Waals surface area contributed by atoms with Crippen LogP contribution >= 0.6 is 34.8 Å². The zero-order valence-electron chi connectivity index (χ0n) is 19.2. The van der Waals surface area contributed by atoms with E-state index in [0.717, 1.165) is 11.1 Å². The summed E-state index contributed by atoms with van der Waals surface area (Å²) in [5.74, 6) is -0.852. The number of fused-ring (bicyclic) bond motifs is 2. The Morgan fingerprint density at radius 2 is 1.92 bits per heavy atom. The SMILES string of the molecule is C[C@@H](Nc1ccc(Cl)nc1C(=O)O)c1cc(Cl)cn2c(=O)c(Cl)c(N3Cc4ccccc4[C@@H]3C)nc12. The Labute approximate surface area is 221 Å². The van der Waals surface area contributed by atoms with Crippen molar-refractivity contribution in [3.05, 3.63) is 96.6 Å². The minimum Gasteiger partial charge on any atom is -0.476 e. The topological polar surface area (TPSA) is 99.8 Å². The van der Waals surface area contributed by atoms with Gasteiger partial charge >= 0.3 is 5.97 Å². The van der Waals surface area contributed by atoms with Crippen LogP contribution in [-0.4, -0.2) is 25.4 Å². The van der Waals surface area contributed by atoms with E-state index in [9.17, 15) is 14.7 Å². The van der Waals surface area contributed by atoms with Gasteiger partial charge in [-0.05, 0) is 43.2 Å². The van der Waals surface area contributed by atoms with Crippen LogP contribution in [0, 0.1) is 0 Å². The molecule has 4 aromatic rings. The van der Waals surface area contributed by atoms with Gasteiger partial charge in [0.15, 0.2) is 11.5 Å². The minimum absolute atomic E-state index is 0.00366. The monoisotopic (exact) mass is 543 g/mol. The second-order valence-corrected chi connectivity index (χ2v) is 9.77. The van der Waals surface area contributed by atoms with Crippen LogP contribution in [0.2, 0.25) is 15.2 Å². The number of aromatic carboxylic acids is 1. The number of benzene rings is 1. The van der Waals surface area contributed by atoms with E-state index in [1.165, 1.54) is 22.7 Å². The first-order chi connectivity index (χ1) is 17.2. The van der Waals surface area contributed by atoms with Gasteiger partial charge in [0.05, 0.1) is 22.8 Å².